The van der Waals surface area contributed by atoms with E-state index in [1.165, 1.54) is 4.90 Å². The van der Waals surface area contributed by atoms with Gasteiger partial charge in [0.05, 0.1) is 7.11 Å². The van der Waals surface area contributed by atoms with Crippen molar-refractivity contribution in [2.24, 2.45) is 5.92 Å². The van der Waals surface area contributed by atoms with Gasteiger partial charge in [0.25, 0.3) is 5.91 Å². The molecule has 1 aromatic rings. The quantitative estimate of drug-likeness (QED) is 0.753. The van der Waals surface area contributed by atoms with E-state index in [-0.39, 0.29) is 18.0 Å². The lowest BCUT2D eigenvalue weighted by molar-refractivity contribution is -0.127. The summed E-state index contributed by atoms with van der Waals surface area (Å²) in [6.07, 6.45) is 0. The summed E-state index contributed by atoms with van der Waals surface area (Å²) < 4.78 is 5.18. The molecule has 1 aromatic carbocycles. The molecule has 0 aliphatic carbocycles. The minimum atomic E-state index is -0.426. The summed E-state index contributed by atoms with van der Waals surface area (Å²) in [5.74, 6) is 1.04. The molecular formula is C17H25N3O3. The Kier molecular flexibility index (Phi) is 5.60. The fraction of sp³-hybridized carbons (Fsp3) is 0.529. The Morgan fingerprint density at radius 1 is 1.26 bits per heavy atom. The molecule has 0 aromatic heterocycles. The molecular weight excluding hydrogens is 294 g/mol. The van der Waals surface area contributed by atoms with E-state index in [0.717, 1.165) is 11.3 Å². The molecule has 0 unspecified atom stereocenters. The number of amides is 3. The molecule has 6 heteroatoms. The fourth-order valence-electron chi connectivity index (χ4n) is 2.75. The number of nitrogens with zero attached hydrogens (tertiary/aromatic N) is 1. The third-order valence-electron chi connectivity index (χ3n) is 4.06. The summed E-state index contributed by atoms with van der Waals surface area (Å²) in [7, 11) is 1.65. The zero-order valence-corrected chi connectivity index (χ0v) is 14.1. The number of imide groups is 1. The average molecular weight is 319 g/mol. The summed E-state index contributed by atoms with van der Waals surface area (Å²) in [6.45, 7) is 6.90. The van der Waals surface area contributed by atoms with Crippen LogP contribution >= 0.6 is 0 Å². The van der Waals surface area contributed by atoms with E-state index in [1.54, 1.807) is 14.0 Å². The van der Waals surface area contributed by atoms with Gasteiger partial charge in [0, 0.05) is 19.1 Å². The van der Waals surface area contributed by atoms with Gasteiger partial charge in [-0.1, -0.05) is 26.0 Å². The maximum Gasteiger partial charge on any atom is 0.324 e. The Morgan fingerprint density at radius 3 is 2.39 bits per heavy atom. The predicted octanol–water partition coefficient (Wildman–Crippen LogP) is 1.92. The highest BCUT2D eigenvalue weighted by atomic mass is 16.5. The van der Waals surface area contributed by atoms with Crippen LogP contribution in [0.3, 0.4) is 0 Å². The van der Waals surface area contributed by atoms with Crippen LogP contribution in [0.4, 0.5) is 4.79 Å². The van der Waals surface area contributed by atoms with Crippen LogP contribution in [0.5, 0.6) is 5.75 Å². The standard InChI is InChI=1S/C17H25N3O3/c1-11(2)15(13-5-7-14(23-4)8-6-13)18-9-10-20-16(21)12(3)19-17(20)22/h5-8,11-12,15,18H,9-10H2,1-4H3,(H,19,22)/t12-,15+/m1/s1. The molecule has 2 atom stereocenters. The SMILES string of the molecule is COc1ccc([C@@H](NCCN2C(=O)N[C@H](C)C2=O)C(C)C)cc1. The first-order valence-corrected chi connectivity index (χ1v) is 7.93. The zero-order valence-electron chi connectivity index (χ0n) is 14.1. The zero-order chi connectivity index (χ0) is 17.0. The molecule has 0 bridgehead atoms. The summed E-state index contributed by atoms with van der Waals surface area (Å²) in [5.41, 5.74) is 1.16. The first-order valence-electron chi connectivity index (χ1n) is 7.93. The molecule has 1 saturated heterocycles. The van der Waals surface area contributed by atoms with Crippen molar-refractivity contribution < 1.29 is 14.3 Å². The van der Waals surface area contributed by atoms with Crippen molar-refractivity contribution in [1.29, 1.82) is 0 Å². The van der Waals surface area contributed by atoms with Gasteiger partial charge in [-0.05, 0) is 30.5 Å². The Hall–Kier alpha value is -2.08. The third-order valence-corrected chi connectivity index (χ3v) is 4.06. The summed E-state index contributed by atoms with van der Waals surface area (Å²) in [4.78, 5) is 24.8. The number of hydrogen-bond acceptors (Lipinski definition) is 4. The van der Waals surface area contributed by atoms with E-state index in [1.807, 2.05) is 24.3 Å². The number of nitrogens with one attached hydrogen (secondary N) is 2. The lowest BCUT2D eigenvalue weighted by Crippen LogP contribution is -2.39. The number of rotatable bonds is 7. The minimum Gasteiger partial charge on any atom is -0.497 e. The lowest BCUT2D eigenvalue weighted by atomic mass is 9.96. The Morgan fingerprint density at radius 2 is 1.91 bits per heavy atom. The van der Waals surface area contributed by atoms with Gasteiger partial charge in [-0.25, -0.2) is 4.79 Å². The Labute approximate surface area is 137 Å². The van der Waals surface area contributed by atoms with Gasteiger partial charge in [0.2, 0.25) is 0 Å². The van der Waals surface area contributed by atoms with E-state index < -0.39 is 6.04 Å². The van der Waals surface area contributed by atoms with Crippen LogP contribution in [0.2, 0.25) is 0 Å². The van der Waals surface area contributed by atoms with Gasteiger partial charge < -0.3 is 15.4 Å². The second-order valence-electron chi connectivity index (χ2n) is 6.11. The lowest BCUT2D eigenvalue weighted by Gasteiger charge is -2.24. The van der Waals surface area contributed by atoms with Crippen molar-refractivity contribution in [3.05, 3.63) is 29.8 Å². The van der Waals surface area contributed by atoms with E-state index in [0.29, 0.717) is 19.0 Å². The maximum atomic E-state index is 11.9. The third kappa shape index (κ3) is 4.01. The van der Waals surface area contributed by atoms with Gasteiger partial charge in [-0.15, -0.1) is 0 Å². The summed E-state index contributed by atoms with van der Waals surface area (Å²) in [6, 6.07) is 7.36. The van der Waals surface area contributed by atoms with E-state index in [9.17, 15) is 9.59 Å². The fourth-order valence-corrected chi connectivity index (χ4v) is 2.75. The van der Waals surface area contributed by atoms with Crippen molar-refractivity contribution in [3.8, 4) is 5.75 Å². The molecule has 1 heterocycles. The molecule has 6 nitrogen and oxygen atoms in total. The molecule has 2 N–H and O–H groups in total. The van der Waals surface area contributed by atoms with Crippen LogP contribution in [0.25, 0.3) is 0 Å². The molecule has 23 heavy (non-hydrogen) atoms. The van der Waals surface area contributed by atoms with Crippen LogP contribution in [0.1, 0.15) is 32.4 Å². The highest BCUT2D eigenvalue weighted by molar-refractivity contribution is 6.03. The van der Waals surface area contributed by atoms with Crippen LogP contribution in [0.15, 0.2) is 24.3 Å². The van der Waals surface area contributed by atoms with E-state index in [2.05, 4.69) is 24.5 Å². The number of benzene rings is 1. The summed E-state index contributed by atoms with van der Waals surface area (Å²) >= 11 is 0. The number of carbonyl (C=O) groups excluding carboxylic acids is 2. The molecule has 126 valence electrons. The average Bonchev–Trinajstić information content (AvgIpc) is 2.77. The topological polar surface area (TPSA) is 70.7 Å². The molecule has 0 radical (unpaired) electrons. The van der Waals surface area contributed by atoms with Gasteiger partial charge in [-0.2, -0.15) is 0 Å². The van der Waals surface area contributed by atoms with E-state index >= 15 is 0 Å². The molecule has 3 amide bonds. The van der Waals surface area contributed by atoms with Crippen molar-refractivity contribution >= 4 is 11.9 Å². The van der Waals surface area contributed by atoms with Crippen molar-refractivity contribution in [2.45, 2.75) is 32.9 Å². The monoisotopic (exact) mass is 319 g/mol. The maximum absolute atomic E-state index is 11.9. The minimum absolute atomic E-state index is 0.152. The van der Waals surface area contributed by atoms with Crippen molar-refractivity contribution in [1.82, 2.24) is 15.5 Å². The molecule has 1 aliphatic heterocycles. The molecule has 0 saturated carbocycles. The van der Waals surface area contributed by atoms with Gasteiger partial charge in [-0.3, -0.25) is 9.69 Å². The number of carbonyl (C=O) groups is 2. The smallest absolute Gasteiger partial charge is 0.324 e. The second kappa shape index (κ2) is 7.46. The van der Waals surface area contributed by atoms with Crippen LogP contribution in [-0.2, 0) is 4.79 Å². The van der Waals surface area contributed by atoms with Crippen molar-refractivity contribution in [3.63, 3.8) is 0 Å². The van der Waals surface area contributed by atoms with Gasteiger partial charge in [0.1, 0.15) is 11.8 Å². The first kappa shape index (κ1) is 17.3. The Balaban J connectivity index is 1.95. The second-order valence-corrected chi connectivity index (χ2v) is 6.11. The van der Waals surface area contributed by atoms with Crippen LogP contribution in [0, 0.1) is 5.92 Å². The molecule has 0 spiro atoms. The largest absolute Gasteiger partial charge is 0.497 e. The predicted molar refractivity (Wildman–Crippen MR) is 88.3 cm³/mol. The highest BCUT2D eigenvalue weighted by Gasteiger charge is 2.34. The number of urea groups is 1. The summed E-state index contributed by atoms with van der Waals surface area (Å²) in [5, 5.41) is 6.06. The number of hydrogen-bond donors (Lipinski definition) is 2. The van der Waals surface area contributed by atoms with Gasteiger partial charge in [0.15, 0.2) is 0 Å². The van der Waals surface area contributed by atoms with Crippen LogP contribution < -0.4 is 15.4 Å². The molecule has 2 rings (SSSR count). The molecule has 1 fully saturated rings. The van der Waals surface area contributed by atoms with Crippen LogP contribution in [-0.4, -0.2) is 43.1 Å². The normalized spacial score (nSPS) is 19.2. The Bertz CT molecular complexity index is 557. The first-order chi connectivity index (χ1) is 10.9. The number of ether oxygens (including phenoxy) is 1. The van der Waals surface area contributed by atoms with Gasteiger partial charge >= 0.3 is 6.03 Å². The highest BCUT2D eigenvalue weighted by Crippen LogP contribution is 2.23. The van der Waals surface area contributed by atoms with E-state index in [4.69, 9.17) is 4.74 Å². The molecule has 1 aliphatic rings. The number of methoxy groups -OCH3 is 1. The van der Waals surface area contributed by atoms with Crippen molar-refractivity contribution in [2.75, 3.05) is 20.2 Å².